The molecule has 1 amide bonds. The largest absolute Gasteiger partial charge is 0.345 e. The Morgan fingerprint density at radius 1 is 1.42 bits per heavy atom. The Morgan fingerprint density at radius 3 is 2.17 bits per heavy atom. The molecule has 4 heteroatoms. The van der Waals surface area contributed by atoms with Crippen LogP contribution in [0.15, 0.2) is 0 Å². The summed E-state index contributed by atoms with van der Waals surface area (Å²) in [6, 6.07) is -0.448. The first-order valence-corrected chi connectivity index (χ1v) is 4.46. The van der Waals surface area contributed by atoms with E-state index < -0.39 is 6.04 Å². The van der Waals surface area contributed by atoms with Crippen LogP contribution < -0.4 is 5.32 Å². The third-order valence-corrected chi connectivity index (χ3v) is 2.26. The predicted octanol–water partition coefficient (Wildman–Crippen LogP) is 0.789. The van der Waals surface area contributed by atoms with Crippen LogP contribution in [0, 0.1) is 0 Å². The lowest BCUT2D eigenvalue weighted by atomic mass is 10.1. The van der Waals surface area contributed by atoms with E-state index in [9.17, 15) is 9.59 Å². The van der Waals surface area contributed by atoms with Crippen LogP contribution in [0.3, 0.4) is 0 Å². The van der Waals surface area contributed by atoms with E-state index in [0.717, 1.165) is 6.42 Å². The Hall–Kier alpha value is -0.510. The first kappa shape index (κ1) is 11.5. The molecule has 0 aliphatic carbocycles. The number of thiol groups is 1. The Morgan fingerprint density at radius 2 is 1.92 bits per heavy atom. The van der Waals surface area contributed by atoms with Crippen molar-refractivity contribution in [2.45, 2.75) is 38.5 Å². The molecule has 12 heavy (non-hydrogen) atoms. The number of carbonyl (C=O) groups is 2. The van der Waals surface area contributed by atoms with Crippen molar-refractivity contribution in [3.8, 4) is 0 Å². The van der Waals surface area contributed by atoms with Crippen molar-refractivity contribution < 1.29 is 9.59 Å². The van der Waals surface area contributed by atoms with Gasteiger partial charge in [0.2, 0.25) is 5.91 Å². The number of hydrogen-bond acceptors (Lipinski definition) is 3. The Balaban J connectivity index is 4.22. The van der Waals surface area contributed by atoms with Crippen LogP contribution in [0.1, 0.15) is 27.2 Å². The van der Waals surface area contributed by atoms with E-state index in [1.165, 1.54) is 13.8 Å². The molecule has 0 saturated carbocycles. The van der Waals surface area contributed by atoms with E-state index in [0.29, 0.717) is 0 Å². The summed E-state index contributed by atoms with van der Waals surface area (Å²) >= 11 is 4.20. The van der Waals surface area contributed by atoms with Crippen molar-refractivity contribution in [3.05, 3.63) is 0 Å². The highest BCUT2D eigenvalue weighted by Gasteiger charge is 2.21. The summed E-state index contributed by atoms with van der Waals surface area (Å²) < 4.78 is 0. The van der Waals surface area contributed by atoms with Gasteiger partial charge in [-0.3, -0.25) is 9.59 Å². The lowest BCUT2D eigenvalue weighted by Crippen LogP contribution is -2.44. The first-order valence-electron chi connectivity index (χ1n) is 3.94. The molecule has 2 unspecified atom stereocenters. The average molecular weight is 189 g/mol. The second kappa shape index (κ2) is 5.19. The molecule has 0 aromatic carbocycles. The zero-order valence-electron chi connectivity index (χ0n) is 7.63. The van der Waals surface area contributed by atoms with Crippen LogP contribution in [-0.4, -0.2) is 23.0 Å². The molecule has 0 aliphatic heterocycles. The van der Waals surface area contributed by atoms with Gasteiger partial charge in [-0.05, 0) is 13.3 Å². The summed E-state index contributed by atoms with van der Waals surface area (Å²) in [5.74, 6) is -0.241. The van der Waals surface area contributed by atoms with E-state index in [4.69, 9.17) is 0 Å². The molecule has 1 N–H and O–H groups in total. The van der Waals surface area contributed by atoms with E-state index in [-0.39, 0.29) is 16.9 Å². The van der Waals surface area contributed by atoms with E-state index in [1.807, 2.05) is 6.92 Å². The summed E-state index contributed by atoms with van der Waals surface area (Å²) in [7, 11) is 0. The number of rotatable bonds is 4. The zero-order chi connectivity index (χ0) is 9.72. The highest BCUT2D eigenvalue weighted by molar-refractivity contribution is 7.81. The summed E-state index contributed by atoms with van der Waals surface area (Å²) in [4.78, 5) is 21.7. The molecule has 0 rings (SSSR count). The third-order valence-electron chi connectivity index (χ3n) is 1.60. The monoisotopic (exact) mass is 189 g/mol. The lowest BCUT2D eigenvalue weighted by Gasteiger charge is -2.19. The molecule has 70 valence electrons. The maximum absolute atomic E-state index is 11.0. The van der Waals surface area contributed by atoms with Gasteiger partial charge in [0.25, 0.3) is 0 Å². The molecule has 0 aromatic rings. The molecule has 0 aromatic heterocycles. The normalized spacial score (nSPS) is 15.0. The van der Waals surface area contributed by atoms with Crippen molar-refractivity contribution in [2.75, 3.05) is 0 Å². The summed E-state index contributed by atoms with van der Waals surface area (Å²) in [5.41, 5.74) is 0. The number of Topliss-reactive ketones (excluding diaryl/α,β-unsaturated/α-hetero) is 1. The van der Waals surface area contributed by atoms with Gasteiger partial charge in [-0.2, -0.15) is 12.6 Å². The van der Waals surface area contributed by atoms with Crippen LogP contribution in [0.2, 0.25) is 0 Å². The number of ketones is 1. The Kier molecular flexibility index (Phi) is 4.97. The summed E-state index contributed by atoms with van der Waals surface area (Å²) in [5, 5.41) is 2.47. The van der Waals surface area contributed by atoms with E-state index in [1.54, 1.807) is 0 Å². The SMILES string of the molecule is CCC(S)C(NC(C)=O)C(C)=O. The van der Waals surface area contributed by atoms with Crippen molar-refractivity contribution in [3.63, 3.8) is 0 Å². The van der Waals surface area contributed by atoms with Gasteiger partial charge in [-0.25, -0.2) is 0 Å². The van der Waals surface area contributed by atoms with Gasteiger partial charge in [0.1, 0.15) is 0 Å². The minimum Gasteiger partial charge on any atom is -0.345 e. The third kappa shape index (κ3) is 3.76. The number of nitrogens with one attached hydrogen (secondary N) is 1. The molecule has 0 fully saturated rings. The van der Waals surface area contributed by atoms with Gasteiger partial charge in [0.05, 0.1) is 6.04 Å². The van der Waals surface area contributed by atoms with Crippen molar-refractivity contribution >= 4 is 24.3 Å². The fourth-order valence-corrected chi connectivity index (χ4v) is 1.21. The van der Waals surface area contributed by atoms with E-state index in [2.05, 4.69) is 17.9 Å². The van der Waals surface area contributed by atoms with Crippen LogP contribution in [0.25, 0.3) is 0 Å². The molecule has 0 aliphatic rings. The molecule has 2 atom stereocenters. The maximum Gasteiger partial charge on any atom is 0.217 e. The molecule has 0 saturated heterocycles. The number of amides is 1. The van der Waals surface area contributed by atoms with Gasteiger partial charge in [-0.15, -0.1) is 0 Å². The Bertz CT molecular complexity index is 182. The predicted molar refractivity (Wildman–Crippen MR) is 51.4 cm³/mol. The molecule has 0 radical (unpaired) electrons. The van der Waals surface area contributed by atoms with Crippen molar-refractivity contribution in [1.82, 2.24) is 5.32 Å². The summed E-state index contributed by atoms with van der Waals surface area (Å²) in [6.45, 7) is 4.78. The standard InChI is InChI=1S/C8H15NO2S/c1-4-7(12)8(5(2)10)9-6(3)11/h7-8,12H,4H2,1-3H3,(H,9,11). The van der Waals surface area contributed by atoms with Gasteiger partial charge in [0.15, 0.2) is 5.78 Å². The Labute approximate surface area is 78.3 Å². The number of hydrogen-bond donors (Lipinski definition) is 2. The summed E-state index contributed by atoms with van der Waals surface area (Å²) in [6.07, 6.45) is 0.758. The van der Waals surface area contributed by atoms with Gasteiger partial charge < -0.3 is 5.32 Å². The quantitative estimate of drug-likeness (QED) is 0.642. The van der Waals surface area contributed by atoms with Crippen molar-refractivity contribution in [2.24, 2.45) is 0 Å². The van der Waals surface area contributed by atoms with Gasteiger partial charge >= 0.3 is 0 Å². The number of carbonyl (C=O) groups excluding carboxylic acids is 2. The van der Waals surface area contributed by atoms with Crippen LogP contribution in [-0.2, 0) is 9.59 Å². The fraction of sp³-hybridized carbons (Fsp3) is 0.750. The van der Waals surface area contributed by atoms with Gasteiger partial charge in [-0.1, -0.05) is 6.92 Å². The second-order valence-corrected chi connectivity index (χ2v) is 3.43. The minimum atomic E-state index is -0.448. The molecule has 3 nitrogen and oxygen atoms in total. The highest BCUT2D eigenvalue weighted by Crippen LogP contribution is 2.07. The van der Waals surface area contributed by atoms with Crippen LogP contribution in [0.5, 0.6) is 0 Å². The lowest BCUT2D eigenvalue weighted by molar-refractivity contribution is -0.125. The molecule has 0 bridgehead atoms. The first-order chi connectivity index (χ1) is 5.49. The van der Waals surface area contributed by atoms with Gasteiger partial charge in [0, 0.05) is 12.2 Å². The molecular weight excluding hydrogens is 174 g/mol. The fourth-order valence-electron chi connectivity index (χ4n) is 0.923. The van der Waals surface area contributed by atoms with Crippen LogP contribution in [0.4, 0.5) is 0 Å². The molecule has 0 spiro atoms. The molecular formula is C8H15NO2S. The maximum atomic E-state index is 11.0. The average Bonchev–Trinajstić information content (AvgIpc) is 1.98. The second-order valence-electron chi connectivity index (χ2n) is 2.76. The smallest absolute Gasteiger partial charge is 0.217 e. The van der Waals surface area contributed by atoms with E-state index >= 15 is 0 Å². The van der Waals surface area contributed by atoms with Crippen molar-refractivity contribution in [1.29, 1.82) is 0 Å². The zero-order valence-corrected chi connectivity index (χ0v) is 8.52. The molecule has 0 heterocycles. The highest BCUT2D eigenvalue weighted by atomic mass is 32.1. The minimum absolute atomic E-state index is 0.0490. The topological polar surface area (TPSA) is 46.2 Å². The van der Waals surface area contributed by atoms with Crippen LogP contribution >= 0.6 is 12.6 Å².